The van der Waals surface area contributed by atoms with E-state index in [2.05, 4.69) is 28.1 Å². The van der Waals surface area contributed by atoms with Crippen LogP contribution in [0.1, 0.15) is 6.92 Å². The molecule has 1 unspecified atom stereocenters. The molecule has 1 atom stereocenters. The second kappa shape index (κ2) is 4.94. The summed E-state index contributed by atoms with van der Waals surface area (Å²) in [4.78, 5) is 2.34. The van der Waals surface area contributed by atoms with Crippen LogP contribution < -0.4 is 4.90 Å². The number of anilines is 1. The van der Waals surface area contributed by atoms with E-state index in [9.17, 15) is 0 Å². The van der Waals surface area contributed by atoms with E-state index in [-0.39, 0.29) is 0 Å². The molecular weight excluding hydrogens is 266 g/mol. The lowest BCUT2D eigenvalue weighted by Gasteiger charge is -2.34. The van der Waals surface area contributed by atoms with E-state index in [1.54, 1.807) is 0 Å². The normalized spacial score (nSPS) is 20.3. The summed E-state index contributed by atoms with van der Waals surface area (Å²) in [5.74, 6) is 3.24. The van der Waals surface area contributed by atoms with E-state index in [1.807, 2.05) is 30.0 Å². The first kappa shape index (κ1) is 12.1. The van der Waals surface area contributed by atoms with Gasteiger partial charge in [-0.1, -0.05) is 35.9 Å². The van der Waals surface area contributed by atoms with Gasteiger partial charge < -0.3 is 4.90 Å². The van der Waals surface area contributed by atoms with Gasteiger partial charge in [0.1, 0.15) is 0 Å². The van der Waals surface area contributed by atoms with E-state index >= 15 is 0 Å². The standard InChI is InChI=1S/C13H14ClN3S/c1-9-8-18-7-6-17(9)13-11-5-3-2-4-10(11)12(14)15-16-13/h2-5,9H,6-8H2,1H3. The molecule has 1 aliphatic rings. The van der Waals surface area contributed by atoms with Crippen molar-refractivity contribution in [2.45, 2.75) is 13.0 Å². The van der Waals surface area contributed by atoms with E-state index in [0.29, 0.717) is 11.2 Å². The van der Waals surface area contributed by atoms with Gasteiger partial charge in [-0.3, -0.25) is 0 Å². The first-order chi connectivity index (χ1) is 8.77. The van der Waals surface area contributed by atoms with Gasteiger partial charge in [0.25, 0.3) is 0 Å². The highest BCUT2D eigenvalue weighted by Crippen LogP contribution is 2.31. The second-order valence-electron chi connectivity index (χ2n) is 4.48. The molecule has 0 bridgehead atoms. The zero-order valence-electron chi connectivity index (χ0n) is 10.1. The number of fused-ring (bicyclic) bond motifs is 1. The van der Waals surface area contributed by atoms with E-state index in [4.69, 9.17) is 11.6 Å². The Balaban J connectivity index is 2.14. The van der Waals surface area contributed by atoms with Crippen LogP contribution >= 0.6 is 23.4 Å². The minimum atomic E-state index is 0.480. The molecule has 1 aromatic heterocycles. The lowest BCUT2D eigenvalue weighted by atomic mass is 10.1. The number of hydrogen-bond donors (Lipinski definition) is 0. The molecule has 3 nitrogen and oxygen atoms in total. The van der Waals surface area contributed by atoms with Crippen molar-refractivity contribution < 1.29 is 0 Å². The van der Waals surface area contributed by atoms with Crippen molar-refractivity contribution in [3.05, 3.63) is 29.4 Å². The van der Waals surface area contributed by atoms with Crippen LogP contribution in [0.2, 0.25) is 5.15 Å². The van der Waals surface area contributed by atoms with Crippen LogP contribution in [0.25, 0.3) is 10.8 Å². The smallest absolute Gasteiger partial charge is 0.159 e. The molecule has 0 spiro atoms. The van der Waals surface area contributed by atoms with Crippen LogP contribution in [0.3, 0.4) is 0 Å². The third-order valence-electron chi connectivity index (χ3n) is 3.26. The van der Waals surface area contributed by atoms with Crippen molar-refractivity contribution in [1.82, 2.24) is 10.2 Å². The molecule has 0 N–H and O–H groups in total. The SMILES string of the molecule is CC1CSCCN1c1nnc(Cl)c2ccccc12. The number of nitrogens with zero attached hydrogens (tertiary/aromatic N) is 3. The summed E-state index contributed by atoms with van der Waals surface area (Å²) >= 11 is 8.10. The average molecular weight is 280 g/mol. The van der Waals surface area contributed by atoms with E-state index in [0.717, 1.165) is 34.6 Å². The fraction of sp³-hybridized carbons (Fsp3) is 0.385. The van der Waals surface area contributed by atoms with Gasteiger partial charge in [-0.25, -0.2) is 0 Å². The van der Waals surface area contributed by atoms with Crippen molar-refractivity contribution in [3.63, 3.8) is 0 Å². The molecular formula is C13H14ClN3S. The molecule has 18 heavy (non-hydrogen) atoms. The van der Waals surface area contributed by atoms with Crippen LogP contribution in [0.5, 0.6) is 0 Å². The van der Waals surface area contributed by atoms with Gasteiger partial charge in [0.2, 0.25) is 0 Å². The molecule has 0 radical (unpaired) electrons. The van der Waals surface area contributed by atoms with E-state index < -0.39 is 0 Å². The van der Waals surface area contributed by atoms with Crippen molar-refractivity contribution in [2.24, 2.45) is 0 Å². The van der Waals surface area contributed by atoms with Gasteiger partial charge in [-0.15, -0.1) is 10.2 Å². The minimum Gasteiger partial charge on any atom is -0.350 e. The van der Waals surface area contributed by atoms with Gasteiger partial charge in [-0.05, 0) is 6.92 Å². The Morgan fingerprint density at radius 3 is 2.83 bits per heavy atom. The Bertz CT molecular complexity index is 575. The van der Waals surface area contributed by atoms with Crippen LogP contribution in [0.4, 0.5) is 5.82 Å². The lowest BCUT2D eigenvalue weighted by Crippen LogP contribution is -2.41. The van der Waals surface area contributed by atoms with Crippen LogP contribution in [-0.4, -0.2) is 34.3 Å². The quantitative estimate of drug-likeness (QED) is 0.801. The summed E-state index contributed by atoms with van der Waals surface area (Å²) in [5.41, 5.74) is 0. The average Bonchev–Trinajstić information content (AvgIpc) is 2.41. The maximum atomic E-state index is 6.11. The zero-order valence-corrected chi connectivity index (χ0v) is 11.7. The highest BCUT2D eigenvalue weighted by atomic mass is 35.5. The maximum Gasteiger partial charge on any atom is 0.159 e. The molecule has 2 heterocycles. The van der Waals surface area contributed by atoms with E-state index in [1.165, 1.54) is 0 Å². The number of hydrogen-bond acceptors (Lipinski definition) is 4. The molecule has 1 fully saturated rings. The number of halogens is 1. The van der Waals surface area contributed by atoms with Crippen LogP contribution in [0, 0.1) is 0 Å². The van der Waals surface area contributed by atoms with Gasteiger partial charge in [0, 0.05) is 34.9 Å². The van der Waals surface area contributed by atoms with Crippen molar-refractivity contribution in [3.8, 4) is 0 Å². The van der Waals surface area contributed by atoms with Crippen molar-refractivity contribution in [1.29, 1.82) is 0 Å². The van der Waals surface area contributed by atoms with Gasteiger partial charge in [0.15, 0.2) is 11.0 Å². The Morgan fingerprint density at radius 1 is 1.28 bits per heavy atom. The Hall–Kier alpha value is -1.00. The highest BCUT2D eigenvalue weighted by Gasteiger charge is 2.22. The minimum absolute atomic E-state index is 0.480. The third kappa shape index (κ3) is 2.04. The van der Waals surface area contributed by atoms with Gasteiger partial charge in [-0.2, -0.15) is 11.8 Å². The Morgan fingerprint density at radius 2 is 2.06 bits per heavy atom. The molecule has 0 saturated carbocycles. The molecule has 1 saturated heterocycles. The van der Waals surface area contributed by atoms with Crippen molar-refractivity contribution >= 4 is 40.0 Å². The second-order valence-corrected chi connectivity index (χ2v) is 5.99. The molecule has 1 aliphatic heterocycles. The molecule has 3 rings (SSSR count). The molecule has 94 valence electrons. The van der Waals surface area contributed by atoms with Crippen molar-refractivity contribution in [2.75, 3.05) is 23.0 Å². The Kier molecular flexibility index (Phi) is 3.31. The molecule has 5 heteroatoms. The summed E-state index contributed by atoms with van der Waals surface area (Å²) < 4.78 is 0. The van der Waals surface area contributed by atoms with Crippen LogP contribution in [0.15, 0.2) is 24.3 Å². The molecule has 0 aliphatic carbocycles. The number of aromatic nitrogens is 2. The molecule has 1 aromatic carbocycles. The topological polar surface area (TPSA) is 29.0 Å². The summed E-state index contributed by atoms with van der Waals surface area (Å²) in [6.45, 7) is 3.25. The fourth-order valence-corrected chi connectivity index (χ4v) is 3.53. The molecule has 2 aromatic rings. The third-order valence-corrected chi connectivity index (χ3v) is 4.73. The van der Waals surface area contributed by atoms with Crippen LogP contribution in [-0.2, 0) is 0 Å². The number of thioether (sulfide) groups is 1. The summed E-state index contributed by atoms with van der Waals surface area (Å²) in [7, 11) is 0. The Labute approximate surface area is 116 Å². The largest absolute Gasteiger partial charge is 0.350 e. The predicted molar refractivity (Wildman–Crippen MR) is 78.7 cm³/mol. The van der Waals surface area contributed by atoms with Gasteiger partial charge in [0.05, 0.1) is 0 Å². The maximum absolute atomic E-state index is 6.11. The summed E-state index contributed by atoms with van der Waals surface area (Å²) in [6, 6.07) is 8.56. The first-order valence-corrected chi connectivity index (χ1v) is 7.56. The first-order valence-electron chi connectivity index (χ1n) is 6.02. The summed E-state index contributed by atoms with van der Waals surface area (Å²) in [5, 5.41) is 11.0. The predicted octanol–water partition coefficient (Wildman–Crippen LogP) is 3.22. The monoisotopic (exact) mass is 279 g/mol. The fourth-order valence-electron chi connectivity index (χ4n) is 2.31. The number of benzene rings is 1. The molecule has 0 amide bonds. The number of rotatable bonds is 1. The summed E-state index contributed by atoms with van der Waals surface area (Å²) in [6.07, 6.45) is 0. The zero-order chi connectivity index (χ0) is 12.5. The lowest BCUT2D eigenvalue weighted by molar-refractivity contribution is 0.686. The highest BCUT2D eigenvalue weighted by molar-refractivity contribution is 7.99. The van der Waals surface area contributed by atoms with Gasteiger partial charge >= 0.3 is 0 Å².